The molecule has 0 radical (unpaired) electrons. The number of urea groups is 1. The summed E-state index contributed by atoms with van der Waals surface area (Å²) in [4.78, 5) is 28.8. The topological polar surface area (TPSA) is 98.8 Å². The van der Waals surface area contributed by atoms with Crippen molar-refractivity contribution in [1.82, 2.24) is 19.8 Å². The molecule has 1 aliphatic heterocycles. The molecule has 1 heterocycles. The zero-order valence-electron chi connectivity index (χ0n) is 18.8. The lowest BCUT2D eigenvalue weighted by atomic mass is 9.98. The van der Waals surface area contributed by atoms with Gasteiger partial charge in [0.15, 0.2) is 0 Å². The Hall–Kier alpha value is -2.20. The fraction of sp³-hybridized carbons (Fsp3) is 0.619. The molecule has 3 atom stereocenters. The van der Waals surface area contributed by atoms with E-state index in [1.807, 2.05) is 34.6 Å². The van der Waals surface area contributed by atoms with Gasteiger partial charge in [-0.25, -0.2) is 17.6 Å². The first-order chi connectivity index (χ1) is 14.5. The van der Waals surface area contributed by atoms with Gasteiger partial charge in [0.1, 0.15) is 11.9 Å². The van der Waals surface area contributed by atoms with Crippen molar-refractivity contribution in [3.05, 3.63) is 30.1 Å². The van der Waals surface area contributed by atoms with Crippen LogP contribution in [-0.2, 0) is 14.8 Å². The first kappa shape index (κ1) is 25.1. The molecular weight excluding hydrogens is 423 g/mol. The van der Waals surface area contributed by atoms with E-state index in [9.17, 15) is 22.4 Å². The van der Waals surface area contributed by atoms with Gasteiger partial charge in [-0.1, -0.05) is 20.3 Å². The van der Waals surface area contributed by atoms with Crippen molar-refractivity contribution in [2.75, 3.05) is 19.6 Å². The van der Waals surface area contributed by atoms with E-state index in [0.29, 0.717) is 26.1 Å². The highest BCUT2D eigenvalue weighted by atomic mass is 32.2. The number of hydrogen-bond donors (Lipinski definition) is 2. The number of benzene rings is 1. The van der Waals surface area contributed by atoms with Crippen molar-refractivity contribution in [3.63, 3.8) is 0 Å². The molecular formula is C21H33FN4O4S. The number of halogens is 1. The summed E-state index contributed by atoms with van der Waals surface area (Å²) in [7, 11) is -4.00. The number of rotatable bonds is 7. The van der Waals surface area contributed by atoms with E-state index in [2.05, 4.69) is 10.0 Å². The van der Waals surface area contributed by atoms with Gasteiger partial charge in [0.2, 0.25) is 15.9 Å². The minimum Gasteiger partial charge on any atom is -0.337 e. The highest BCUT2D eigenvalue weighted by Crippen LogP contribution is 2.19. The molecule has 1 fully saturated rings. The predicted molar refractivity (Wildman–Crippen MR) is 116 cm³/mol. The third kappa shape index (κ3) is 6.39. The largest absolute Gasteiger partial charge is 0.337 e. The number of nitrogens with one attached hydrogen (secondary N) is 2. The molecule has 2 N–H and O–H groups in total. The first-order valence-electron chi connectivity index (χ1n) is 10.6. The normalized spacial score (nSPS) is 19.3. The van der Waals surface area contributed by atoms with E-state index >= 15 is 0 Å². The third-order valence-corrected chi connectivity index (χ3v) is 6.95. The number of carbonyl (C=O) groups excluding carboxylic acids is 2. The summed E-state index contributed by atoms with van der Waals surface area (Å²) in [6, 6.07) is 3.15. The van der Waals surface area contributed by atoms with Crippen LogP contribution in [0.25, 0.3) is 0 Å². The molecule has 0 bridgehead atoms. The van der Waals surface area contributed by atoms with Gasteiger partial charge in [0, 0.05) is 31.7 Å². The lowest BCUT2D eigenvalue weighted by molar-refractivity contribution is -0.136. The summed E-state index contributed by atoms with van der Waals surface area (Å²) in [6.07, 6.45) is 0.592. The summed E-state index contributed by atoms with van der Waals surface area (Å²) in [6.45, 7) is 10.3. The molecule has 3 unspecified atom stereocenters. The van der Waals surface area contributed by atoms with Crippen LogP contribution >= 0.6 is 0 Å². The van der Waals surface area contributed by atoms with Crippen LogP contribution in [-0.4, -0.2) is 67.9 Å². The molecule has 0 aromatic heterocycles. The van der Waals surface area contributed by atoms with Crippen LogP contribution in [0.3, 0.4) is 0 Å². The molecule has 2 rings (SSSR count). The van der Waals surface area contributed by atoms with Crippen LogP contribution in [0.5, 0.6) is 0 Å². The lowest BCUT2D eigenvalue weighted by Gasteiger charge is -2.41. The predicted octanol–water partition coefficient (Wildman–Crippen LogP) is 2.17. The first-order valence-corrected chi connectivity index (χ1v) is 12.1. The Morgan fingerprint density at radius 3 is 2.29 bits per heavy atom. The van der Waals surface area contributed by atoms with Crippen molar-refractivity contribution >= 4 is 22.0 Å². The summed E-state index contributed by atoms with van der Waals surface area (Å²) in [5.74, 6) is -1.11. The van der Waals surface area contributed by atoms with Gasteiger partial charge >= 0.3 is 6.03 Å². The van der Waals surface area contributed by atoms with Crippen molar-refractivity contribution < 1.29 is 22.4 Å². The number of amides is 3. The summed E-state index contributed by atoms with van der Waals surface area (Å²) in [5.41, 5.74) is 0. The second-order valence-corrected chi connectivity index (χ2v) is 10.1. The fourth-order valence-corrected chi connectivity index (χ4v) is 4.78. The monoisotopic (exact) mass is 456 g/mol. The van der Waals surface area contributed by atoms with E-state index in [1.165, 1.54) is 12.1 Å². The van der Waals surface area contributed by atoms with Crippen molar-refractivity contribution in [3.8, 4) is 0 Å². The molecule has 1 aliphatic rings. The SMILES string of the molecule is CCC(C)C(NS(=O)(=O)c1ccc(F)cc1)C(=O)N1CCN(C(=O)NC(C)C)C(C)C1. The fourth-order valence-electron chi connectivity index (χ4n) is 3.48. The van der Waals surface area contributed by atoms with Crippen LogP contribution < -0.4 is 10.0 Å². The van der Waals surface area contributed by atoms with E-state index in [4.69, 9.17) is 0 Å². The van der Waals surface area contributed by atoms with Crippen LogP contribution in [0.2, 0.25) is 0 Å². The van der Waals surface area contributed by atoms with Crippen LogP contribution in [0, 0.1) is 11.7 Å². The summed E-state index contributed by atoms with van der Waals surface area (Å²) >= 11 is 0. The summed E-state index contributed by atoms with van der Waals surface area (Å²) in [5, 5.41) is 2.86. The Morgan fingerprint density at radius 1 is 1.16 bits per heavy atom. The van der Waals surface area contributed by atoms with Gasteiger partial charge in [-0.3, -0.25) is 4.79 Å². The smallest absolute Gasteiger partial charge is 0.317 e. The van der Waals surface area contributed by atoms with Gasteiger partial charge < -0.3 is 15.1 Å². The number of hydrogen-bond acceptors (Lipinski definition) is 4. The summed E-state index contributed by atoms with van der Waals surface area (Å²) < 4.78 is 41.3. The van der Waals surface area contributed by atoms with Crippen molar-refractivity contribution in [1.29, 1.82) is 0 Å². The molecule has 0 aliphatic carbocycles. The lowest BCUT2D eigenvalue weighted by Crippen LogP contribution is -2.61. The van der Waals surface area contributed by atoms with E-state index in [0.717, 1.165) is 12.1 Å². The molecule has 3 amide bonds. The van der Waals surface area contributed by atoms with Gasteiger partial charge in [0.05, 0.1) is 4.90 Å². The van der Waals surface area contributed by atoms with Gasteiger partial charge in [0.25, 0.3) is 0 Å². The molecule has 10 heteroatoms. The maximum Gasteiger partial charge on any atom is 0.317 e. The Labute approximate surface area is 184 Å². The molecule has 1 aromatic rings. The van der Waals surface area contributed by atoms with Gasteiger partial charge in [-0.15, -0.1) is 0 Å². The molecule has 1 aromatic carbocycles. The molecule has 1 saturated heterocycles. The molecule has 31 heavy (non-hydrogen) atoms. The third-order valence-electron chi connectivity index (χ3n) is 5.50. The Balaban J connectivity index is 2.15. The van der Waals surface area contributed by atoms with Crippen LogP contribution in [0.15, 0.2) is 29.2 Å². The van der Waals surface area contributed by atoms with E-state index in [-0.39, 0.29) is 34.8 Å². The second kappa shape index (κ2) is 10.4. The quantitative estimate of drug-likeness (QED) is 0.657. The Bertz CT molecular complexity index is 876. The minimum absolute atomic E-state index is 0.00927. The highest BCUT2D eigenvalue weighted by Gasteiger charge is 2.36. The van der Waals surface area contributed by atoms with Crippen LogP contribution in [0.1, 0.15) is 41.0 Å². The number of sulfonamides is 1. The minimum atomic E-state index is -4.00. The average molecular weight is 457 g/mol. The van der Waals surface area contributed by atoms with Gasteiger partial charge in [-0.2, -0.15) is 4.72 Å². The standard InChI is InChI=1S/C21H33FN4O4S/c1-6-15(4)19(24-31(29,30)18-9-7-17(22)8-10-18)20(27)25-11-12-26(16(5)13-25)21(28)23-14(2)3/h7-10,14-16,19,24H,6,11-13H2,1-5H3,(H,23,28). The Morgan fingerprint density at radius 2 is 1.77 bits per heavy atom. The molecule has 8 nitrogen and oxygen atoms in total. The molecule has 0 saturated carbocycles. The van der Waals surface area contributed by atoms with Crippen molar-refractivity contribution in [2.24, 2.45) is 5.92 Å². The van der Waals surface area contributed by atoms with Crippen molar-refractivity contribution in [2.45, 2.75) is 64.1 Å². The highest BCUT2D eigenvalue weighted by molar-refractivity contribution is 7.89. The average Bonchev–Trinajstić information content (AvgIpc) is 2.70. The number of carbonyl (C=O) groups is 2. The number of nitrogens with zero attached hydrogens (tertiary/aromatic N) is 2. The number of piperazine rings is 1. The Kier molecular flexibility index (Phi) is 8.41. The zero-order chi connectivity index (χ0) is 23.3. The van der Waals surface area contributed by atoms with Gasteiger partial charge in [-0.05, 0) is 51.0 Å². The molecule has 174 valence electrons. The van der Waals surface area contributed by atoms with E-state index in [1.54, 1.807) is 9.80 Å². The second-order valence-electron chi connectivity index (χ2n) is 8.37. The zero-order valence-corrected chi connectivity index (χ0v) is 19.6. The van der Waals surface area contributed by atoms with E-state index < -0.39 is 21.9 Å². The maximum atomic E-state index is 13.3. The maximum absolute atomic E-state index is 13.3. The van der Waals surface area contributed by atoms with Crippen LogP contribution in [0.4, 0.5) is 9.18 Å². The molecule has 0 spiro atoms.